The molecule has 2 fully saturated rings. The molecule has 0 bridgehead atoms. The van der Waals surface area contributed by atoms with Crippen molar-refractivity contribution in [3.63, 3.8) is 0 Å². The first-order chi connectivity index (χ1) is 16.4. The minimum absolute atomic E-state index is 0.0117. The minimum Gasteiger partial charge on any atom is -0.481 e. The monoisotopic (exact) mass is 462 g/mol. The van der Waals surface area contributed by atoms with Gasteiger partial charge in [0.25, 0.3) is 0 Å². The number of aliphatic carboxylic acids is 1. The molecule has 2 aromatic rings. The summed E-state index contributed by atoms with van der Waals surface area (Å²) >= 11 is 0. The molecular weight excluding hydrogens is 432 g/mol. The summed E-state index contributed by atoms with van der Waals surface area (Å²) in [6.07, 6.45) is 0.385. The Morgan fingerprint density at radius 2 is 1.65 bits per heavy atom. The lowest BCUT2D eigenvalue weighted by Crippen LogP contribution is -2.33. The van der Waals surface area contributed by atoms with E-state index in [1.54, 1.807) is 4.90 Å². The predicted molar refractivity (Wildman–Crippen MR) is 126 cm³/mol. The number of likely N-dealkylation sites (tertiary alicyclic amines) is 1. The van der Waals surface area contributed by atoms with Crippen LogP contribution >= 0.6 is 0 Å². The third kappa shape index (κ3) is 4.39. The van der Waals surface area contributed by atoms with Crippen molar-refractivity contribution in [2.75, 3.05) is 26.2 Å². The van der Waals surface area contributed by atoms with Crippen molar-refractivity contribution in [1.29, 1.82) is 0 Å². The smallest absolute Gasteiger partial charge is 0.407 e. The number of carboxylic acid groups (broad SMARTS) is 1. The second kappa shape index (κ2) is 9.12. The molecule has 0 spiro atoms. The van der Waals surface area contributed by atoms with Gasteiger partial charge in [-0.05, 0) is 46.4 Å². The molecular formula is C27H30N2O5. The first-order valence-electron chi connectivity index (χ1n) is 12.0. The van der Waals surface area contributed by atoms with Gasteiger partial charge < -0.3 is 20.1 Å². The Bertz CT molecular complexity index is 1070. The molecule has 4 atom stereocenters. The summed E-state index contributed by atoms with van der Waals surface area (Å²) in [4.78, 5) is 38.0. The van der Waals surface area contributed by atoms with Crippen LogP contribution in [0.25, 0.3) is 11.1 Å². The lowest BCUT2D eigenvalue weighted by molar-refractivity contribution is -0.138. The SMILES string of the molecule is CC1CN(C(=O)[C@@H]2C[C@@H]2CNC(=O)OCC2c3ccccc3-c3ccccc32)CC1CC(=O)O. The molecule has 0 aromatic heterocycles. The summed E-state index contributed by atoms with van der Waals surface area (Å²) in [5, 5.41) is 11.9. The number of nitrogens with one attached hydrogen (secondary N) is 1. The summed E-state index contributed by atoms with van der Waals surface area (Å²) in [5.74, 6) is -0.494. The van der Waals surface area contributed by atoms with E-state index in [1.807, 2.05) is 31.2 Å². The van der Waals surface area contributed by atoms with Gasteiger partial charge >= 0.3 is 12.1 Å². The number of benzene rings is 2. The van der Waals surface area contributed by atoms with E-state index in [-0.39, 0.29) is 48.5 Å². The molecule has 7 nitrogen and oxygen atoms in total. The number of nitrogens with zero attached hydrogens (tertiary/aromatic N) is 1. The lowest BCUT2D eigenvalue weighted by Gasteiger charge is -2.16. The van der Waals surface area contributed by atoms with Crippen molar-refractivity contribution in [1.82, 2.24) is 10.2 Å². The minimum atomic E-state index is -0.817. The molecule has 7 heteroatoms. The molecule has 1 saturated carbocycles. The lowest BCUT2D eigenvalue weighted by atomic mass is 9.95. The Labute approximate surface area is 199 Å². The standard InChI is InChI=1S/C27H30N2O5/c1-16-13-29(14-18(16)11-25(30)31)26(32)23-10-17(23)12-28-27(33)34-15-24-21-8-4-2-6-19(21)20-7-3-5-9-22(20)24/h2-9,16-18,23-24H,10-15H2,1H3,(H,28,33)(H,30,31)/t16?,17-,18?,23-/m1/s1. The highest BCUT2D eigenvalue weighted by Gasteiger charge is 2.47. The van der Waals surface area contributed by atoms with E-state index < -0.39 is 12.1 Å². The number of amides is 2. The highest BCUT2D eigenvalue weighted by Crippen LogP contribution is 2.44. The highest BCUT2D eigenvalue weighted by atomic mass is 16.5. The number of hydrogen-bond donors (Lipinski definition) is 2. The number of carboxylic acids is 1. The van der Waals surface area contributed by atoms with Gasteiger partial charge in [-0.15, -0.1) is 0 Å². The molecule has 34 heavy (non-hydrogen) atoms. The van der Waals surface area contributed by atoms with Crippen LogP contribution in [0.4, 0.5) is 4.79 Å². The summed E-state index contributed by atoms with van der Waals surface area (Å²) in [5.41, 5.74) is 4.72. The van der Waals surface area contributed by atoms with Gasteiger partial charge in [0.05, 0.1) is 6.42 Å². The summed E-state index contributed by atoms with van der Waals surface area (Å²) in [6.45, 7) is 3.80. The van der Waals surface area contributed by atoms with Crippen LogP contribution in [0.1, 0.15) is 36.8 Å². The van der Waals surface area contributed by atoms with Crippen molar-refractivity contribution in [3.8, 4) is 11.1 Å². The number of alkyl carbamates (subject to hydrolysis) is 1. The molecule has 1 saturated heterocycles. The van der Waals surface area contributed by atoms with Crippen molar-refractivity contribution < 1.29 is 24.2 Å². The maximum absolute atomic E-state index is 12.8. The summed E-state index contributed by atoms with van der Waals surface area (Å²) in [6, 6.07) is 16.4. The largest absolute Gasteiger partial charge is 0.481 e. The van der Waals surface area contributed by atoms with Gasteiger partial charge in [-0.25, -0.2) is 4.79 Å². The van der Waals surface area contributed by atoms with Crippen LogP contribution in [0.2, 0.25) is 0 Å². The van der Waals surface area contributed by atoms with Gasteiger partial charge in [-0.1, -0.05) is 55.5 Å². The van der Waals surface area contributed by atoms with Crippen LogP contribution in [0.15, 0.2) is 48.5 Å². The molecule has 178 valence electrons. The fraction of sp³-hybridized carbons (Fsp3) is 0.444. The summed E-state index contributed by atoms with van der Waals surface area (Å²) < 4.78 is 5.58. The van der Waals surface area contributed by atoms with Gasteiger partial charge in [-0.2, -0.15) is 0 Å². The maximum atomic E-state index is 12.8. The van der Waals surface area contributed by atoms with Crippen molar-refractivity contribution in [2.24, 2.45) is 23.7 Å². The van der Waals surface area contributed by atoms with Crippen LogP contribution in [-0.4, -0.2) is 54.2 Å². The summed E-state index contributed by atoms with van der Waals surface area (Å²) in [7, 11) is 0. The molecule has 1 heterocycles. The Balaban J connectivity index is 1.09. The van der Waals surface area contributed by atoms with Gasteiger partial charge in [-0.3, -0.25) is 9.59 Å². The predicted octanol–water partition coefficient (Wildman–Crippen LogP) is 3.73. The number of carbonyl (C=O) groups excluding carboxylic acids is 2. The average molecular weight is 463 g/mol. The van der Waals surface area contributed by atoms with E-state index >= 15 is 0 Å². The van der Waals surface area contributed by atoms with Crippen LogP contribution in [0.3, 0.4) is 0 Å². The molecule has 2 N–H and O–H groups in total. The molecule has 5 rings (SSSR count). The van der Waals surface area contributed by atoms with Gasteiger partial charge in [0.2, 0.25) is 5.91 Å². The maximum Gasteiger partial charge on any atom is 0.407 e. The Hall–Kier alpha value is -3.35. The van der Waals surface area contributed by atoms with Crippen molar-refractivity contribution in [2.45, 2.75) is 25.7 Å². The van der Waals surface area contributed by atoms with E-state index in [0.29, 0.717) is 19.6 Å². The number of hydrogen-bond acceptors (Lipinski definition) is 4. The van der Waals surface area contributed by atoms with E-state index in [9.17, 15) is 14.4 Å². The number of ether oxygens (including phenoxy) is 1. The van der Waals surface area contributed by atoms with Crippen LogP contribution in [0.5, 0.6) is 0 Å². The Kier molecular flexibility index (Phi) is 6.02. The molecule has 0 radical (unpaired) electrons. The molecule has 2 unspecified atom stereocenters. The fourth-order valence-corrected chi connectivity index (χ4v) is 5.58. The molecule has 3 aliphatic rings. The van der Waals surface area contributed by atoms with Crippen molar-refractivity contribution in [3.05, 3.63) is 59.7 Å². The van der Waals surface area contributed by atoms with E-state index in [2.05, 4.69) is 29.6 Å². The third-order valence-electron chi connectivity index (χ3n) is 7.61. The molecule has 2 aromatic carbocycles. The second-order valence-corrected chi connectivity index (χ2v) is 9.89. The molecule has 2 amide bonds. The Morgan fingerprint density at radius 1 is 1.00 bits per heavy atom. The highest BCUT2D eigenvalue weighted by molar-refractivity contribution is 5.82. The van der Waals surface area contributed by atoms with E-state index in [4.69, 9.17) is 9.84 Å². The van der Waals surface area contributed by atoms with Gasteiger partial charge in [0.15, 0.2) is 0 Å². The van der Waals surface area contributed by atoms with Crippen LogP contribution in [0, 0.1) is 23.7 Å². The topological polar surface area (TPSA) is 95.9 Å². The van der Waals surface area contributed by atoms with E-state index in [1.165, 1.54) is 22.3 Å². The quantitative estimate of drug-likeness (QED) is 0.654. The van der Waals surface area contributed by atoms with Gasteiger partial charge in [0.1, 0.15) is 6.61 Å². The number of carbonyl (C=O) groups is 3. The zero-order valence-corrected chi connectivity index (χ0v) is 19.3. The fourth-order valence-electron chi connectivity index (χ4n) is 5.58. The molecule has 2 aliphatic carbocycles. The first kappa shape index (κ1) is 22.4. The average Bonchev–Trinajstić information content (AvgIpc) is 3.42. The number of rotatable bonds is 7. The van der Waals surface area contributed by atoms with Crippen LogP contribution < -0.4 is 5.32 Å². The first-order valence-corrected chi connectivity index (χ1v) is 12.0. The van der Waals surface area contributed by atoms with Crippen molar-refractivity contribution >= 4 is 18.0 Å². The molecule has 1 aliphatic heterocycles. The third-order valence-corrected chi connectivity index (χ3v) is 7.61. The van der Waals surface area contributed by atoms with E-state index in [0.717, 1.165) is 6.42 Å². The van der Waals surface area contributed by atoms with Crippen LogP contribution in [-0.2, 0) is 14.3 Å². The Morgan fingerprint density at radius 3 is 2.29 bits per heavy atom. The second-order valence-electron chi connectivity index (χ2n) is 9.89. The zero-order chi connectivity index (χ0) is 23.8. The normalized spacial score (nSPS) is 24.9. The number of fused-ring (bicyclic) bond motifs is 3. The zero-order valence-electron chi connectivity index (χ0n) is 19.3. The van der Waals surface area contributed by atoms with Gasteiger partial charge in [0, 0.05) is 31.5 Å².